The van der Waals surface area contributed by atoms with Crippen molar-refractivity contribution in [2.45, 2.75) is 13.8 Å². The average Bonchev–Trinajstić information content (AvgIpc) is 3.26. The standard InChI is InChI=1S/C20H17ClN2O3S/c1-13-11-16(14(2)23(13)20-22-9-10-27-20)5-8-19(25)26-12-18(24)15-3-6-17(21)7-4-15/h3-11H,12H2,1-2H3/b8-5+. The van der Waals surface area contributed by atoms with Crippen molar-refractivity contribution in [1.82, 2.24) is 9.55 Å². The molecule has 1 aromatic carbocycles. The number of halogens is 1. The highest BCUT2D eigenvalue weighted by atomic mass is 35.5. The Labute approximate surface area is 165 Å². The number of nitrogens with zero attached hydrogens (tertiary/aromatic N) is 2. The zero-order chi connectivity index (χ0) is 19.4. The molecule has 3 aromatic rings. The van der Waals surface area contributed by atoms with E-state index in [-0.39, 0.29) is 12.4 Å². The number of carbonyl (C=O) groups excluding carboxylic acids is 2. The van der Waals surface area contributed by atoms with Crippen LogP contribution in [-0.2, 0) is 9.53 Å². The van der Waals surface area contributed by atoms with Crippen LogP contribution in [0.25, 0.3) is 11.2 Å². The molecule has 3 rings (SSSR count). The monoisotopic (exact) mass is 400 g/mol. The van der Waals surface area contributed by atoms with Crippen molar-refractivity contribution in [3.05, 3.63) is 75.5 Å². The molecule has 0 saturated carbocycles. The van der Waals surface area contributed by atoms with Gasteiger partial charge in [-0.3, -0.25) is 9.36 Å². The summed E-state index contributed by atoms with van der Waals surface area (Å²) in [7, 11) is 0. The predicted molar refractivity (Wildman–Crippen MR) is 107 cm³/mol. The molecule has 0 amide bonds. The van der Waals surface area contributed by atoms with E-state index in [0.29, 0.717) is 10.6 Å². The van der Waals surface area contributed by atoms with E-state index in [1.54, 1.807) is 47.9 Å². The van der Waals surface area contributed by atoms with Gasteiger partial charge in [-0.05, 0) is 55.8 Å². The Balaban J connectivity index is 1.63. The zero-order valence-electron chi connectivity index (χ0n) is 14.8. The van der Waals surface area contributed by atoms with E-state index in [1.807, 2.05) is 29.9 Å². The average molecular weight is 401 g/mol. The first-order valence-electron chi connectivity index (χ1n) is 8.18. The van der Waals surface area contributed by atoms with Crippen LogP contribution in [0.5, 0.6) is 0 Å². The number of ether oxygens (including phenoxy) is 1. The number of aryl methyl sites for hydroxylation is 1. The summed E-state index contributed by atoms with van der Waals surface area (Å²) < 4.78 is 7.06. The van der Waals surface area contributed by atoms with Crippen molar-refractivity contribution >= 4 is 40.8 Å². The van der Waals surface area contributed by atoms with Crippen molar-refractivity contribution < 1.29 is 14.3 Å². The fraction of sp³-hybridized carbons (Fsp3) is 0.150. The third-order valence-corrected chi connectivity index (χ3v) is 5.00. The molecule has 0 aliphatic rings. The van der Waals surface area contributed by atoms with Crippen LogP contribution in [0.1, 0.15) is 27.3 Å². The van der Waals surface area contributed by atoms with E-state index in [4.69, 9.17) is 16.3 Å². The maximum Gasteiger partial charge on any atom is 0.331 e. The lowest BCUT2D eigenvalue weighted by Crippen LogP contribution is -2.12. The molecule has 2 aromatic heterocycles. The predicted octanol–water partition coefficient (Wildman–Crippen LogP) is 4.64. The van der Waals surface area contributed by atoms with Crippen molar-refractivity contribution in [2.24, 2.45) is 0 Å². The van der Waals surface area contributed by atoms with Gasteiger partial charge >= 0.3 is 5.97 Å². The van der Waals surface area contributed by atoms with Gasteiger partial charge in [0.25, 0.3) is 0 Å². The number of aromatic nitrogens is 2. The number of carbonyl (C=O) groups is 2. The van der Waals surface area contributed by atoms with Gasteiger partial charge in [0.1, 0.15) is 0 Å². The molecule has 0 fully saturated rings. The number of Topliss-reactive ketones (excluding diaryl/α,β-unsaturated/α-hetero) is 1. The minimum absolute atomic E-state index is 0.282. The summed E-state index contributed by atoms with van der Waals surface area (Å²) in [4.78, 5) is 28.3. The third-order valence-electron chi connectivity index (χ3n) is 3.99. The van der Waals surface area contributed by atoms with Gasteiger partial charge < -0.3 is 4.74 Å². The van der Waals surface area contributed by atoms with Gasteiger partial charge in [0.15, 0.2) is 17.5 Å². The minimum atomic E-state index is -0.573. The van der Waals surface area contributed by atoms with Gasteiger partial charge in [-0.25, -0.2) is 9.78 Å². The second kappa shape index (κ2) is 8.33. The van der Waals surface area contributed by atoms with Crippen LogP contribution in [0.15, 0.2) is 48.0 Å². The summed E-state index contributed by atoms with van der Waals surface area (Å²) in [6, 6.07) is 8.41. The molecule has 138 valence electrons. The molecule has 7 heteroatoms. The first-order valence-corrected chi connectivity index (χ1v) is 9.44. The molecule has 2 heterocycles. The summed E-state index contributed by atoms with van der Waals surface area (Å²) in [5, 5.41) is 3.33. The SMILES string of the molecule is Cc1cc(/C=C/C(=O)OCC(=O)c2ccc(Cl)cc2)c(C)n1-c1nccs1. The lowest BCUT2D eigenvalue weighted by atomic mass is 10.1. The number of thiazole rings is 1. The quantitative estimate of drug-likeness (QED) is 0.343. The number of esters is 1. The third kappa shape index (κ3) is 4.53. The number of rotatable bonds is 6. The van der Waals surface area contributed by atoms with E-state index < -0.39 is 5.97 Å². The van der Waals surface area contributed by atoms with Crippen molar-refractivity contribution in [3.8, 4) is 5.13 Å². The summed E-state index contributed by atoms with van der Waals surface area (Å²) in [5.41, 5.74) is 3.34. The highest BCUT2D eigenvalue weighted by molar-refractivity contribution is 7.12. The van der Waals surface area contributed by atoms with Crippen LogP contribution in [-0.4, -0.2) is 27.9 Å². The van der Waals surface area contributed by atoms with Gasteiger partial charge in [0, 0.05) is 39.6 Å². The first kappa shape index (κ1) is 19.1. The van der Waals surface area contributed by atoms with E-state index in [0.717, 1.165) is 22.1 Å². The van der Waals surface area contributed by atoms with Crippen LogP contribution in [0.2, 0.25) is 5.02 Å². The Morgan fingerprint density at radius 3 is 2.67 bits per heavy atom. The number of hydrogen-bond donors (Lipinski definition) is 0. The molecule has 0 radical (unpaired) electrons. The lowest BCUT2D eigenvalue weighted by molar-refractivity contribution is -0.136. The highest BCUT2D eigenvalue weighted by Gasteiger charge is 2.12. The van der Waals surface area contributed by atoms with Crippen molar-refractivity contribution in [1.29, 1.82) is 0 Å². The molecule has 5 nitrogen and oxygen atoms in total. The van der Waals surface area contributed by atoms with Gasteiger partial charge in [-0.2, -0.15) is 0 Å². The van der Waals surface area contributed by atoms with Gasteiger partial charge in [0.2, 0.25) is 0 Å². The first-order chi connectivity index (χ1) is 13.0. The Bertz CT molecular complexity index is 989. The summed E-state index contributed by atoms with van der Waals surface area (Å²) in [6.45, 7) is 3.63. The smallest absolute Gasteiger partial charge is 0.331 e. The fourth-order valence-electron chi connectivity index (χ4n) is 2.64. The summed E-state index contributed by atoms with van der Waals surface area (Å²) in [6.07, 6.45) is 4.76. The van der Waals surface area contributed by atoms with Gasteiger partial charge in [0.05, 0.1) is 0 Å². The van der Waals surface area contributed by atoms with Crippen LogP contribution < -0.4 is 0 Å². The van der Waals surface area contributed by atoms with E-state index >= 15 is 0 Å². The maximum atomic E-state index is 12.0. The normalized spacial score (nSPS) is 11.1. The molecule has 0 spiro atoms. The molecule has 0 unspecified atom stereocenters. The second-order valence-electron chi connectivity index (χ2n) is 5.85. The van der Waals surface area contributed by atoms with Gasteiger partial charge in [-0.1, -0.05) is 11.6 Å². The fourth-order valence-corrected chi connectivity index (χ4v) is 3.52. The Morgan fingerprint density at radius 1 is 1.26 bits per heavy atom. The largest absolute Gasteiger partial charge is 0.454 e. The zero-order valence-corrected chi connectivity index (χ0v) is 16.4. The molecule has 0 N–H and O–H groups in total. The Morgan fingerprint density at radius 2 is 2.00 bits per heavy atom. The van der Waals surface area contributed by atoms with Crippen LogP contribution in [0.4, 0.5) is 0 Å². The molecule has 0 bridgehead atoms. The second-order valence-corrected chi connectivity index (χ2v) is 7.16. The topological polar surface area (TPSA) is 61.2 Å². The molecular formula is C20H17ClN2O3S. The van der Waals surface area contributed by atoms with Gasteiger partial charge in [-0.15, -0.1) is 11.3 Å². The molecule has 0 aliphatic heterocycles. The lowest BCUT2D eigenvalue weighted by Gasteiger charge is -2.04. The molecule has 0 aliphatic carbocycles. The van der Waals surface area contributed by atoms with E-state index in [2.05, 4.69) is 4.98 Å². The molecule has 0 atom stereocenters. The van der Waals surface area contributed by atoms with E-state index in [9.17, 15) is 9.59 Å². The highest BCUT2D eigenvalue weighted by Crippen LogP contribution is 2.23. The maximum absolute atomic E-state index is 12.0. The summed E-state index contributed by atoms with van der Waals surface area (Å²) in [5.74, 6) is -0.855. The molecule has 0 saturated heterocycles. The summed E-state index contributed by atoms with van der Waals surface area (Å²) >= 11 is 7.33. The Hall–Kier alpha value is -2.70. The van der Waals surface area contributed by atoms with Crippen LogP contribution >= 0.6 is 22.9 Å². The van der Waals surface area contributed by atoms with Crippen molar-refractivity contribution in [2.75, 3.05) is 6.61 Å². The minimum Gasteiger partial charge on any atom is -0.454 e. The van der Waals surface area contributed by atoms with E-state index in [1.165, 1.54) is 6.08 Å². The molecule has 27 heavy (non-hydrogen) atoms. The van der Waals surface area contributed by atoms with Crippen molar-refractivity contribution in [3.63, 3.8) is 0 Å². The van der Waals surface area contributed by atoms with Crippen LogP contribution in [0.3, 0.4) is 0 Å². The number of benzene rings is 1. The molecular weight excluding hydrogens is 384 g/mol. The number of hydrogen-bond acceptors (Lipinski definition) is 5. The van der Waals surface area contributed by atoms with Crippen LogP contribution in [0, 0.1) is 13.8 Å². The number of ketones is 1. The Kier molecular flexibility index (Phi) is 5.88.